The first-order chi connectivity index (χ1) is 11.2. The monoisotopic (exact) mass is 357 g/mol. The lowest BCUT2D eigenvalue weighted by molar-refractivity contribution is -0.137. The Morgan fingerprint density at radius 1 is 1.00 bits per heavy atom. The van der Waals surface area contributed by atoms with Crippen molar-refractivity contribution in [1.82, 2.24) is 15.1 Å². The Balaban J connectivity index is 0.00000208. The minimum Gasteiger partial charge on any atom is -0.342 e. The topological polar surface area (TPSA) is 35.6 Å². The van der Waals surface area contributed by atoms with Crippen LogP contribution in [0.2, 0.25) is 0 Å². The zero-order valence-electron chi connectivity index (χ0n) is 15.3. The summed E-state index contributed by atoms with van der Waals surface area (Å²) in [5.74, 6) is 1.57. The molecule has 1 unspecified atom stereocenters. The van der Waals surface area contributed by atoms with Gasteiger partial charge in [0.1, 0.15) is 0 Å². The predicted molar refractivity (Wildman–Crippen MR) is 102 cm³/mol. The molecule has 3 saturated heterocycles. The van der Waals surface area contributed by atoms with E-state index >= 15 is 0 Å². The Labute approximate surface area is 154 Å². The van der Waals surface area contributed by atoms with Crippen molar-refractivity contribution < 1.29 is 4.79 Å². The highest BCUT2D eigenvalue weighted by atomic mass is 35.5. The summed E-state index contributed by atoms with van der Waals surface area (Å²) in [6.45, 7) is 9.00. The van der Waals surface area contributed by atoms with E-state index in [1.54, 1.807) is 0 Å². The molecular formula is C19H36ClN3O. The fraction of sp³-hybridized carbons (Fsp3) is 0.947. The largest absolute Gasteiger partial charge is 0.342 e. The van der Waals surface area contributed by atoms with Crippen LogP contribution in [0.5, 0.6) is 0 Å². The molecule has 140 valence electrons. The third kappa shape index (κ3) is 5.34. The van der Waals surface area contributed by atoms with Crippen molar-refractivity contribution in [2.24, 2.45) is 11.8 Å². The fourth-order valence-corrected chi connectivity index (χ4v) is 4.61. The Bertz CT molecular complexity index is 379. The van der Waals surface area contributed by atoms with Crippen LogP contribution in [-0.4, -0.2) is 61.0 Å². The summed E-state index contributed by atoms with van der Waals surface area (Å²) in [7, 11) is 0. The summed E-state index contributed by atoms with van der Waals surface area (Å²) in [4.78, 5) is 17.5. The van der Waals surface area contributed by atoms with Crippen LogP contribution < -0.4 is 5.32 Å². The maximum atomic E-state index is 12.6. The molecule has 0 bridgehead atoms. The molecule has 0 aromatic carbocycles. The van der Waals surface area contributed by atoms with E-state index in [1.165, 1.54) is 51.6 Å². The van der Waals surface area contributed by atoms with Gasteiger partial charge in [0.05, 0.1) is 0 Å². The summed E-state index contributed by atoms with van der Waals surface area (Å²) >= 11 is 0. The smallest absolute Gasteiger partial charge is 0.225 e. The van der Waals surface area contributed by atoms with Crippen LogP contribution in [0.25, 0.3) is 0 Å². The molecule has 0 aliphatic carbocycles. The number of nitrogens with zero attached hydrogens (tertiary/aromatic N) is 2. The lowest BCUT2D eigenvalue weighted by Crippen LogP contribution is -2.45. The van der Waals surface area contributed by atoms with Crippen molar-refractivity contribution in [3.05, 3.63) is 0 Å². The number of carbonyl (C=O) groups excluding carboxylic acids is 1. The molecule has 0 aromatic heterocycles. The average molecular weight is 358 g/mol. The van der Waals surface area contributed by atoms with Gasteiger partial charge in [0.25, 0.3) is 0 Å². The molecule has 1 N–H and O–H groups in total. The van der Waals surface area contributed by atoms with Gasteiger partial charge >= 0.3 is 0 Å². The lowest BCUT2D eigenvalue weighted by atomic mass is 9.90. The number of piperidine rings is 3. The van der Waals surface area contributed by atoms with Gasteiger partial charge in [-0.3, -0.25) is 4.79 Å². The van der Waals surface area contributed by atoms with E-state index in [1.807, 2.05) is 0 Å². The van der Waals surface area contributed by atoms with E-state index in [2.05, 4.69) is 22.0 Å². The molecule has 3 aliphatic heterocycles. The van der Waals surface area contributed by atoms with Gasteiger partial charge in [-0.2, -0.15) is 0 Å². The van der Waals surface area contributed by atoms with E-state index in [9.17, 15) is 4.79 Å². The molecule has 3 rings (SSSR count). The number of halogens is 1. The summed E-state index contributed by atoms with van der Waals surface area (Å²) in [6, 6.07) is 0.783. The van der Waals surface area contributed by atoms with Gasteiger partial charge in [0, 0.05) is 25.0 Å². The average Bonchev–Trinajstić information content (AvgIpc) is 2.62. The normalized spacial score (nSPS) is 27.7. The van der Waals surface area contributed by atoms with Gasteiger partial charge in [-0.1, -0.05) is 6.42 Å². The maximum absolute atomic E-state index is 12.6. The molecule has 1 amide bonds. The van der Waals surface area contributed by atoms with Crippen molar-refractivity contribution >= 4 is 18.3 Å². The van der Waals surface area contributed by atoms with Crippen LogP contribution >= 0.6 is 12.4 Å². The van der Waals surface area contributed by atoms with Crippen molar-refractivity contribution in [2.45, 2.75) is 64.3 Å². The van der Waals surface area contributed by atoms with Gasteiger partial charge in [0.15, 0.2) is 0 Å². The van der Waals surface area contributed by atoms with Crippen molar-refractivity contribution in [2.75, 3.05) is 39.3 Å². The summed E-state index contributed by atoms with van der Waals surface area (Å²) in [5.41, 5.74) is 0. The molecule has 0 radical (unpaired) electrons. The standard InChI is InChI=1S/C19H35N3O.ClH/c1-16-4-2-3-12-21(16)13-7-17-8-14-22(15-9-17)19(23)18-5-10-20-11-6-18;/h16-18,20H,2-15H2,1H3;1H. The van der Waals surface area contributed by atoms with E-state index in [0.717, 1.165) is 51.0 Å². The van der Waals surface area contributed by atoms with E-state index < -0.39 is 0 Å². The van der Waals surface area contributed by atoms with Crippen molar-refractivity contribution in [3.63, 3.8) is 0 Å². The van der Waals surface area contributed by atoms with Crippen molar-refractivity contribution in [1.29, 1.82) is 0 Å². The lowest BCUT2D eigenvalue weighted by Gasteiger charge is -2.37. The molecule has 0 spiro atoms. The number of likely N-dealkylation sites (tertiary alicyclic amines) is 2. The minimum absolute atomic E-state index is 0. The second kappa shape index (κ2) is 9.98. The second-order valence-corrected chi connectivity index (χ2v) is 7.96. The molecule has 24 heavy (non-hydrogen) atoms. The molecular weight excluding hydrogens is 322 g/mol. The third-order valence-electron chi connectivity index (χ3n) is 6.38. The second-order valence-electron chi connectivity index (χ2n) is 7.96. The number of hydrogen-bond donors (Lipinski definition) is 1. The predicted octanol–water partition coefficient (Wildman–Crippen LogP) is 2.91. The van der Waals surface area contributed by atoms with Crippen molar-refractivity contribution in [3.8, 4) is 0 Å². The van der Waals surface area contributed by atoms with Gasteiger partial charge in [-0.15, -0.1) is 12.4 Å². The molecule has 0 aromatic rings. The number of nitrogens with one attached hydrogen (secondary N) is 1. The number of rotatable bonds is 4. The highest BCUT2D eigenvalue weighted by Crippen LogP contribution is 2.25. The number of amides is 1. The van der Waals surface area contributed by atoms with Crippen LogP contribution in [0, 0.1) is 11.8 Å². The molecule has 3 heterocycles. The number of carbonyl (C=O) groups is 1. The molecule has 4 nitrogen and oxygen atoms in total. The highest BCUT2D eigenvalue weighted by Gasteiger charge is 2.29. The SMILES string of the molecule is CC1CCCCN1CCC1CCN(C(=O)C2CCNCC2)CC1.Cl. The Hall–Kier alpha value is -0.320. The van der Waals surface area contributed by atoms with Crippen LogP contribution in [0.1, 0.15) is 58.3 Å². The molecule has 3 fully saturated rings. The summed E-state index contributed by atoms with van der Waals surface area (Å²) < 4.78 is 0. The summed E-state index contributed by atoms with van der Waals surface area (Å²) in [6.07, 6.45) is 10.0. The van der Waals surface area contributed by atoms with Gasteiger partial charge in [0.2, 0.25) is 5.91 Å². The van der Waals surface area contributed by atoms with Gasteiger partial charge < -0.3 is 15.1 Å². The first-order valence-corrected chi connectivity index (χ1v) is 9.97. The van der Waals surface area contributed by atoms with Crippen LogP contribution in [0.4, 0.5) is 0 Å². The third-order valence-corrected chi connectivity index (χ3v) is 6.38. The van der Waals surface area contributed by atoms with E-state index in [4.69, 9.17) is 0 Å². The highest BCUT2D eigenvalue weighted by molar-refractivity contribution is 5.85. The van der Waals surface area contributed by atoms with Gasteiger partial charge in [-0.25, -0.2) is 0 Å². The molecule has 3 aliphatic rings. The minimum atomic E-state index is 0. The Morgan fingerprint density at radius 3 is 2.38 bits per heavy atom. The van der Waals surface area contributed by atoms with E-state index in [-0.39, 0.29) is 12.4 Å². The summed E-state index contributed by atoms with van der Waals surface area (Å²) in [5, 5.41) is 3.36. The van der Waals surface area contributed by atoms with E-state index in [0.29, 0.717) is 11.8 Å². The first kappa shape index (κ1) is 20.0. The quantitative estimate of drug-likeness (QED) is 0.840. The van der Waals surface area contributed by atoms with Crippen LogP contribution in [-0.2, 0) is 4.79 Å². The van der Waals surface area contributed by atoms with Gasteiger partial charge in [-0.05, 0) is 84.0 Å². The maximum Gasteiger partial charge on any atom is 0.225 e. The molecule has 1 atom stereocenters. The van der Waals surface area contributed by atoms with Crippen LogP contribution in [0.15, 0.2) is 0 Å². The Kier molecular flexibility index (Phi) is 8.32. The molecule has 0 saturated carbocycles. The first-order valence-electron chi connectivity index (χ1n) is 9.97. The number of hydrogen-bond acceptors (Lipinski definition) is 3. The van der Waals surface area contributed by atoms with Crippen LogP contribution in [0.3, 0.4) is 0 Å². The molecule has 5 heteroatoms. The fourth-order valence-electron chi connectivity index (χ4n) is 4.61. The zero-order valence-corrected chi connectivity index (χ0v) is 16.2. The zero-order chi connectivity index (χ0) is 16.1. The Morgan fingerprint density at radius 2 is 1.71 bits per heavy atom.